The van der Waals surface area contributed by atoms with E-state index >= 15 is 0 Å². The number of benzene rings is 1. The summed E-state index contributed by atoms with van der Waals surface area (Å²) in [5.74, 6) is 0.202. The van der Waals surface area contributed by atoms with Crippen LogP contribution in [0.1, 0.15) is 19.8 Å². The van der Waals surface area contributed by atoms with E-state index in [1.165, 1.54) is 23.1 Å². The minimum atomic E-state index is -0.135. The highest BCUT2D eigenvalue weighted by molar-refractivity contribution is 8.01. The molecule has 0 aliphatic carbocycles. The van der Waals surface area contributed by atoms with Gasteiger partial charge in [-0.05, 0) is 25.5 Å². The molecule has 0 atom stereocenters. The third-order valence-electron chi connectivity index (χ3n) is 3.60. The topological polar surface area (TPSA) is 87.2 Å². The monoisotopic (exact) mass is 377 g/mol. The second-order valence-corrected chi connectivity index (χ2v) is 7.61. The quantitative estimate of drug-likeness (QED) is 0.722. The summed E-state index contributed by atoms with van der Waals surface area (Å²) in [7, 11) is 0. The van der Waals surface area contributed by atoms with Gasteiger partial charge in [-0.2, -0.15) is 0 Å². The van der Waals surface area contributed by atoms with E-state index in [1.807, 2.05) is 31.2 Å². The first-order valence-electron chi connectivity index (χ1n) is 8.07. The van der Waals surface area contributed by atoms with Gasteiger partial charge in [0.2, 0.25) is 16.9 Å². The highest BCUT2D eigenvalue weighted by Crippen LogP contribution is 2.30. The van der Waals surface area contributed by atoms with E-state index in [9.17, 15) is 9.59 Å². The largest absolute Gasteiger partial charge is 0.360 e. The van der Waals surface area contributed by atoms with Crippen molar-refractivity contribution in [3.63, 3.8) is 0 Å². The van der Waals surface area contributed by atoms with E-state index in [0.717, 1.165) is 28.1 Å². The van der Waals surface area contributed by atoms with Gasteiger partial charge in [-0.25, -0.2) is 0 Å². The number of hydrogen-bond donors (Lipinski definition) is 2. The first kappa shape index (κ1) is 17.7. The number of nitrogens with one attached hydrogen (secondary N) is 2. The van der Waals surface area contributed by atoms with Crippen LogP contribution in [0.2, 0.25) is 0 Å². The van der Waals surface area contributed by atoms with Crippen LogP contribution < -0.4 is 15.5 Å². The second kappa shape index (κ2) is 8.30. The van der Waals surface area contributed by atoms with Gasteiger partial charge in [0.15, 0.2) is 4.34 Å². The fourth-order valence-electron chi connectivity index (χ4n) is 2.52. The second-order valence-electron chi connectivity index (χ2n) is 5.41. The number of thioether (sulfide) groups is 1. The van der Waals surface area contributed by atoms with Crippen molar-refractivity contribution in [3.8, 4) is 0 Å². The standard InChI is InChI=1S/C16H19N5O2S2/c1-2-17-15-19-20-16(25-15)24-10-13(22)18-11-6-3-4-7-12(11)21-9-5-8-14(21)23/h3-4,6-7H,2,5,8-10H2,1H3,(H,17,19)(H,18,22). The molecular weight excluding hydrogens is 358 g/mol. The molecule has 1 aromatic heterocycles. The van der Waals surface area contributed by atoms with Gasteiger partial charge in [0.1, 0.15) is 0 Å². The minimum Gasteiger partial charge on any atom is -0.360 e. The Labute approximate surface area is 154 Å². The van der Waals surface area contributed by atoms with Gasteiger partial charge in [0, 0.05) is 19.5 Å². The molecule has 132 valence electrons. The lowest BCUT2D eigenvalue weighted by molar-refractivity contribution is -0.117. The van der Waals surface area contributed by atoms with Crippen molar-refractivity contribution in [1.29, 1.82) is 0 Å². The van der Waals surface area contributed by atoms with Gasteiger partial charge in [0.05, 0.1) is 17.1 Å². The van der Waals surface area contributed by atoms with E-state index in [-0.39, 0.29) is 17.6 Å². The van der Waals surface area contributed by atoms with Gasteiger partial charge in [-0.1, -0.05) is 35.2 Å². The Hall–Kier alpha value is -2.13. The summed E-state index contributed by atoms with van der Waals surface area (Å²) in [5, 5.41) is 14.8. The molecule has 2 N–H and O–H groups in total. The maximum atomic E-state index is 12.3. The van der Waals surface area contributed by atoms with Crippen molar-refractivity contribution in [1.82, 2.24) is 10.2 Å². The first-order chi connectivity index (χ1) is 12.2. The summed E-state index contributed by atoms with van der Waals surface area (Å²) in [6.07, 6.45) is 1.41. The van der Waals surface area contributed by atoms with E-state index < -0.39 is 0 Å². The molecular formula is C16H19N5O2S2. The molecule has 2 aromatic rings. The number of para-hydroxylation sites is 2. The smallest absolute Gasteiger partial charge is 0.234 e. The van der Waals surface area contributed by atoms with Crippen molar-refractivity contribution in [2.24, 2.45) is 0 Å². The maximum Gasteiger partial charge on any atom is 0.234 e. The van der Waals surface area contributed by atoms with Crippen molar-refractivity contribution in [2.45, 2.75) is 24.1 Å². The molecule has 3 rings (SSSR count). The van der Waals surface area contributed by atoms with Gasteiger partial charge < -0.3 is 15.5 Å². The molecule has 1 aromatic carbocycles. The van der Waals surface area contributed by atoms with Gasteiger partial charge in [-0.3, -0.25) is 9.59 Å². The fourth-order valence-corrected chi connectivity index (χ4v) is 4.14. The van der Waals surface area contributed by atoms with Crippen LogP contribution in [0.4, 0.5) is 16.5 Å². The van der Waals surface area contributed by atoms with Crippen LogP contribution in [0.15, 0.2) is 28.6 Å². The Morgan fingerprint density at radius 3 is 2.96 bits per heavy atom. The van der Waals surface area contributed by atoms with E-state index in [2.05, 4.69) is 20.8 Å². The Morgan fingerprint density at radius 1 is 1.36 bits per heavy atom. The zero-order valence-corrected chi connectivity index (χ0v) is 15.5. The fraction of sp³-hybridized carbons (Fsp3) is 0.375. The van der Waals surface area contributed by atoms with E-state index in [4.69, 9.17) is 0 Å². The number of amides is 2. The van der Waals surface area contributed by atoms with Crippen LogP contribution in [0.25, 0.3) is 0 Å². The van der Waals surface area contributed by atoms with Crippen molar-refractivity contribution < 1.29 is 9.59 Å². The molecule has 1 fully saturated rings. The summed E-state index contributed by atoms with van der Waals surface area (Å²) in [4.78, 5) is 26.0. The van der Waals surface area contributed by atoms with Crippen molar-refractivity contribution in [2.75, 3.05) is 34.4 Å². The number of rotatable bonds is 7. The number of aromatic nitrogens is 2. The first-order valence-corrected chi connectivity index (χ1v) is 9.87. The molecule has 0 radical (unpaired) electrons. The lowest BCUT2D eigenvalue weighted by Crippen LogP contribution is -2.25. The lowest BCUT2D eigenvalue weighted by Gasteiger charge is -2.19. The van der Waals surface area contributed by atoms with Crippen LogP contribution in [0.3, 0.4) is 0 Å². The van der Waals surface area contributed by atoms with Crippen LogP contribution in [0.5, 0.6) is 0 Å². The predicted octanol–water partition coefficient (Wildman–Crippen LogP) is 2.83. The molecule has 1 aliphatic rings. The summed E-state index contributed by atoms with van der Waals surface area (Å²) in [6.45, 7) is 3.47. The van der Waals surface area contributed by atoms with Crippen molar-refractivity contribution >= 4 is 51.4 Å². The lowest BCUT2D eigenvalue weighted by atomic mass is 10.2. The molecule has 1 aliphatic heterocycles. The number of carbonyl (C=O) groups excluding carboxylic acids is 2. The summed E-state index contributed by atoms with van der Waals surface area (Å²) >= 11 is 2.77. The Balaban J connectivity index is 1.60. The van der Waals surface area contributed by atoms with Gasteiger partial charge >= 0.3 is 0 Å². The molecule has 2 heterocycles. The van der Waals surface area contributed by atoms with E-state index in [0.29, 0.717) is 18.7 Å². The SMILES string of the molecule is CCNc1nnc(SCC(=O)Nc2ccccc2N2CCCC2=O)s1. The molecule has 0 unspecified atom stereocenters. The highest BCUT2D eigenvalue weighted by atomic mass is 32.2. The highest BCUT2D eigenvalue weighted by Gasteiger charge is 2.24. The maximum absolute atomic E-state index is 12.3. The Kier molecular flexibility index (Phi) is 5.87. The summed E-state index contributed by atoms with van der Waals surface area (Å²) < 4.78 is 0.745. The van der Waals surface area contributed by atoms with Crippen LogP contribution in [-0.4, -0.2) is 40.9 Å². The number of hydrogen-bond acceptors (Lipinski definition) is 7. The molecule has 0 bridgehead atoms. The molecule has 1 saturated heterocycles. The predicted molar refractivity (Wildman–Crippen MR) is 101 cm³/mol. The van der Waals surface area contributed by atoms with E-state index in [1.54, 1.807) is 4.90 Å². The third-order valence-corrected chi connectivity index (χ3v) is 5.62. The Morgan fingerprint density at radius 2 is 2.20 bits per heavy atom. The molecule has 7 nitrogen and oxygen atoms in total. The molecule has 9 heteroatoms. The molecule has 25 heavy (non-hydrogen) atoms. The number of nitrogens with zero attached hydrogens (tertiary/aromatic N) is 3. The average Bonchev–Trinajstić information content (AvgIpc) is 3.23. The van der Waals surface area contributed by atoms with Gasteiger partial charge in [0.25, 0.3) is 0 Å². The van der Waals surface area contributed by atoms with Crippen LogP contribution in [0, 0.1) is 0 Å². The third kappa shape index (κ3) is 4.49. The Bertz CT molecular complexity index is 764. The zero-order chi connectivity index (χ0) is 17.6. The normalized spacial score (nSPS) is 14.0. The number of anilines is 3. The molecule has 0 spiro atoms. The summed E-state index contributed by atoms with van der Waals surface area (Å²) in [6, 6.07) is 7.40. The van der Waals surface area contributed by atoms with Crippen LogP contribution in [-0.2, 0) is 9.59 Å². The zero-order valence-electron chi connectivity index (χ0n) is 13.8. The number of carbonyl (C=O) groups is 2. The summed E-state index contributed by atoms with van der Waals surface area (Å²) in [5.41, 5.74) is 1.42. The van der Waals surface area contributed by atoms with Gasteiger partial charge in [-0.15, -0.1) is 10.2 Å². The van der Waals surface area contributed by atoms with Crippen molar-refractivity contribution in [3.05, 3.63) is 24.3 Å². The molecule has 0 saturated carbocycles. The average molecular weight is 377 g/mol. The van der Waals surface area contributed by atoms with Crippen LogP contribution >= 0.6 is 23.1 Å². The minimum absolute atomic E-state index is 0.0980. The molecule has 2 amide bonds.